The number of hydrogen-bond acceptors (Lipinski definition) is 2. The first-order chi connectivity index (χ1) is 9.66. The van der Waals surface area contributed by atoms with E-state index in [9.17, 15) is 4.79 Å². The van der Waals surface area contributed by atoms with Gasteiger partial charge in [0.2, 0.25) is 5.91 Å². The van der Waals surface area contributed by atoms with Gasteiger partial charge >= 0.3 is 0 Å². The van der Waals surface area contributed by atoms with E-state index in [0.29, 0.717) is 5.25 Å². The van der Waals surface area contributed by atoms with Crippen LogP contribution >= 0.6 is 11.8 Å². The van der Waals surface area contributed by atoms with E-state index < -0.39 is 0 Å². The monoisotopic (exact) mass is 291 g/mol. The molecule has 20 heavy (non-hydrogen) atoms. The summed E-state index contributed by atoms with van der Waals surface area (Å²) in [5.74, 6) is 0.164. The maximum absolute atomic E-state index is 12.3. The standard InChI is InChI=1S/C17H25NOS/c1-13(15-9-5-3-6-10-15)18-17(19)14(2)20-16-11-7-4-8-12-16/h3,5-6,9-10,13-14,16H,4,7-8,11-12H2,1-2H3,(H,18,19). The summed E-state index contributed by atoms with van der Waals surface area (Å²) >= 11 is 1.85. The zero-order valence-corrected chi connectivity index (χ0v) is 13.3. The fraction of sp³-hybridized carbons (Fsp3) is 0.588. The van der Waals surface area contributed by atoms with E-state index in [4.69, 9.17) is 0 Å². The molecule has 1 fully saturated rings. The highest BCUT2D eigenvalue weighted by Crippen LogP contribution is 2.31. The molecule has 0 heterocycles. The van der Waals surface area contributed by atoms with Gasteiger partial charge < -0.3 is 5.32 Å². The SMILES string of the molecule is CC(SC1CCCCC1)C(=O)NC(C)c1ccccc1. The molecule has 3 heteroatoms. The molecule has 2 rings (SSSR count). The van der Waals surface area contributed by atoms with Crippen molar-refractivity contribution in [1.82, 2.24) is 5.32 Å². The van der Waals surface area contributed by atoms with Crippen LogP contribution in [-0.2, 0) is 4.79 Å². The number of nitrogens with one attached hydrogen (secondary N) is 1. The molecule has 2 unspecified atom stereocenters. The lowest BCUT2D eigenvalue weighted by Gasteiger charge is -2.25. The number of benzene rings is 1. The molecule has 110 valence electrons. The smallest absolute Gasteiger partial charge is 0.233 e. The van der Waals surface area contributed by atoms with Crippen LogP contribution in [-0.4, -0.2) is 16.4 Å². The van der Waals surface area contributed by atoms with E-state index in [2.05, 4.69) is 17.4 Å². The van der Waals surface area contributed by atoms with Crippen molar-refractivity contribution >= 4 is 17.7 Å². The minimum Gasteiger partial charge on any atom is -0.349 e. The minimum absolute atomic E-state index is 0.0456. The predicted octanol–water partition coefficient (Wildman–Crippen LogP) is 4.32. The van der Waals surface area contributed by atoms with E-state index in [1.807, 2.05) is 43.8 Å². The number of carbonyl (C=O) groups is 1. The van der Waals surface area contributed by atoms with E-state index >= 15 is 0 Å². The topological polar surface area (TPSA) is 29.1 Å². The Morgan fingerprint density at radius 2 is 1.80 bits per heavy atom. The summed E-state index contributed by atoms with van der Waals surface area (Å²) in [5, 5.41) is 3.85. The van der Waals surface area contributed by atoms with Crippen molar-refractivity contribution in [2.24, 2.45) is 0 Å². The van der Waals surface area contributed by atoms with Crippen LogP contribution in [0.2, 0.25) is 0 Å². The first-order valence-corrected chi connectivity index (χ1v) is 8.62. The summed E-state index contributed by atoms with van der Waals surface area (Å²) in [4.78, 5) is 12.3. The Balaban J connectivity index is 1.81. The molecule has 0 aromatic heterocycles. The van der Waals surface area contributed by atoms with Crippen molar-refractivity contribution in [3.63, 3.8) is 0 Å². The number of carbonyl (C=O) groups excluding carboxylic acids is 1. The van der Waals surface area contributed by atoms with Crippen molar-refractivity contribution < 1.29 is 4.79 Å². The Hall–Kier alpha value is -0.960. The Labute approximate surface area is 126 Å². The molecule has 1 saturated carbocycles. The molecule has 1 N–H and O–H groups in total. The summed E-state index contributed by atoms with van der Waals surface area (Å²) < 4.78 is 0. The fourth-order valence-electron chi connectivity index (χ4n) is 2.71. The van der Waals surface area contributed by atoms with E-state index in [0.717, 1.165) is 5.56 Å². The van der Waals surface area contributed by atoms with Crippen molar-refractivity contribution in [1.29, 1.82) is 0 Å². The molecule has 0 bridgehead atoms. The average Bonchev–Trinajstić information content (AvgIpc) is 2.49. The Morgan fingerprint density at radius 3 is 2.45 bits per heavy atom. The highest BCUT2D eigenvalue weighted by molar-refractivity contribution is 8.01. The maximum atomic E-state index is 12.3. The van der Waals surface area contributed by atoms with Crippen molar-refractivity contribution in [3.8, 4) is 0 Å². The van der Waals surface area contributed by atoms with Crippen LogP contribution in [0.4, 0.5) is 0 Å². The molecule has 1 amide bonds. The molecule has 0 radical (unpaired) electrons. The van der Waals surface area contributed by atoms with Gasteiger partial charge in [-0.15, -0.1) is 11.8 Å². The minimum atomic E-state index is 0.0456. The summed E-state index contributed by atoms with van der Waals surface area (Å²) in [6.07, 6.45) is 6.56. The number of rotatable bonds is 5. The summed E-state index contributed by atoms with van der Waals surface area (Å²) in [6, 6.07) is 10.2. The molecule has 1 aliphatic rings. The second-order valence-corrected chi connectivity index (χ2v) is 7.33. The number of amides is 1. The van der Waals surface area contributed by atoms with Crippen molar-refractivity contribution in [2.75, 3.05) is 0 Å². The molecule has 1 aliphatic carbocycles. The third kappa shape index (κ3) is 4.55. The first kappa shape index (κ1) is 15.4. The predicted molar refractivity (Wildman–Crippen MR) is 86.9 cm³/mol. The molecule has 1 aromatic rings. The maximum Gasteiger partial charge on any atom is 0.233 e. The van der Waals surface area contributed by atoms with Crippen LogP contribution in [0.1, 0.15) is 57.6 Å². The van der Waals surface area contributed by atoms with Gasteiger partial charge in [0.25, 0.3) is 0 Å². The quantitative estimate of drug-likeness (QED) is 0.875. The Bertz CT molecular complexity index is 414. The van der Waals surface area contributed by atoms with Gasteiger partial charge in [0.15, 0.2) is 0 Å². The Morgan fingerprint density at radius 1 is 1.15 bits per heavy atom. The lowest BCUT2D eigenvalue weighted by atomic mass is 10.0. The lowest BCUT2D eigenvalue weighted by molar-refractivity contribution is -0.120. The highest BCUT2D eigenvalue weighted by atomic mass is 32.2. The normalized spacial score (nSPS) is 19.3. The van der Waals surface area contributed by atoms with Crippen LogP contribution in [0.15, 0.2) is 30.3 Å². The van der Waals surface area contributed by atoms with Crippen LogP contribution in [0.25, 0.3) is 0 Å². The van der Waals surface area contributed by atoms with E-state index in [-0.39, 0.29) is 17.2 Å². The summed E-state index contributed by atoms with van der Waals surface area (Å²) in [7, 11) is 0. The van der Waals surface area contributed by atoms with Crippen molar-refractivity contribution in [2.45, 2.75) is 62.5 Å². The van der Waals surface area contributed by atoms with Crippen LogP contribution in [0, 0.1) is 0 Å². The van der Waals surface area contributed by atoms with Crippen LogP contribution in [0.5, 0.6) is 0 Å². The molecule has 0 saturated heterocycles. The average molecular weight is 291 g/mol. The van der Waals surface area contributed by atoms with Gasteiger partial charge in [-0.25, -0.2) is 0 Å². The first-order valence-electron chi connectivity index (χ1n) is 7.67. The number of thioether (sulfide) groups is 1. The van der Waals surface area contributed by atoms with Gasteiger partial charge in [0, 0.05) is 5.25 Å². The fourth-order valence-corrected chi connectivity index (χ4v) is 4.08. The third-order valence-electron chi connectivity index (χ3n) is 3.98. The second-order valence-electron chi connectivity index (χ2n) is 5.68. The van der Waals surface area contributed by atoms with Gasteiger partial charge in [-0.1, -0.05) is 49.6 Å². The molecular formula is C17H25NOS. The Kier molecular flexibility index (Phi) is 5.96. The molecular weight excluding hydrogens is 266 g/mol. The molecule has 1 aromatic carbocycles. The molecule has 2 atom stereocenters. The molecule has 0 aliphatic heterocycles. The summed E-state index contributed by atoms with van der Waals surface area (Å²) in [5.41, 5.74) is 1.16. The largest absolute Gasteiger partial charge is 0.349 e. The second kappa shape index (κ2) is 7.72. The van der Waals surface area contributed by atoms with Gasteiger partial charge in [-0.05, 0) is 32.3 Å². The van der Waals surface area contributed by atoms with E-state index in [1.165, 1.54) is 32.1 Å². The highest BCUT2D eigenvalue weighted by Gasteiger charge is 2.22. The van der Waals surface area contributed by atoms with Gasteiger partial charge in [-0.3, -0.25) is 4.79 Å². The lowest BCUT2D eigenvalue weighted by Crippen LogP contribution is -2.34. The van der Waals surface area contributed by atoms with Crippen molar-refractivity contribution in [3.05, 3.63) is 35.9 Å². The van der Waals surface area contributed by atoms with Crippen LogP contribution < -0.4 is 5.32 Å². The van der Waals surface area contributed by atoms with Gasteiger partial charge in [0.1, 0.15) is 0 Å². The van der Waals surface area contributed by atoms with E-state index in [1.54, 1.807) is 0 Å². The van der Waals surface area contributed by atoms with Gasteiger partial charge in [0.05, 0.1) is 11.3 Å². The zero-order chi connectivity index (χ0) is 14.4. The molecule has 2 nitrogen and oxygen atoms in total. The number of hydrogen-bond donors (Lipinski definition) is 1. The zero-order valence-electron chi connectivity index (χ0n) is 12.5. The third-order valence-corrected chi connectivity index (χ3v) is 5.45. The summed E-state index contributed by atoms with van der Waals surface area (Å²) in [6.45, 7) is 4.08. The molecule has 0 spiro atoms. The van der Waals surface area contributed by atoms with Gasteiger partial charge in [-0.2, -0.15) is 0 Å². The van der Waals surface area contributed by atoms with Crippen LogP contribution in [0.3, 0.4) is 0 Å².